The number of hydrogen-bond donors (Lipinski definition) is 1. The standard InChI is InChI=1S/C17H11ClFNO3S/c18-13-11-7-6-10(19)8-12(11)24-15(13)17(22)23-14(16(20)21)9-4-2-1-3-5-9/h1-8,14H,(H2,20,21). The first-order chi connectivity index (χ1) is 11.5. The molecule has 2 aromatic carbocycles. The summed E-state index contributed by atoms with van der Waals surface area (Å²) in [4.78, 5) is 24.1. The van der Waals surface area contributed by atoms with E-state index in [2.05, 4.69) is 0 Å². The number of hydrogen-bond acceptors (Lipinski definition) is 4. The van der Waals surface area contributed by atoms with Gasteiger partial charge >= 0.3 is 5.97 Å². The smallest absolute Gasteiger partial charge is 0.351 e. The van der Waals surface area contributed by atoms with E-state index in [9.17, 15) is 14.0 Å². The van der Waals surface area contributed by atoms with E-state index >= 15 is 0 Å². The fourth-order valence-corrected chi connectivity index (χ4v) is 3.67. The van der Waals surface area contributed by atoms with Crippen molar-refractivity contribution in [3.8, 4) is 0 Å². The summed E-state index contributed by atoms with van der Waals surface area (Å²) < 4.78 is 19.1. The lowest BCUT2D eigenvalue weighted by molar-refractivity contribution is -0.127. The Hall–Kier alpha value is -2.44. The first-order valence-corrected chi connectivity index (χ1v) is 8.09. The molecule has 0 bridgehead atoms. The van der Waals surface area contributed by atoms with Crippen LogP contribution in [-0.4, -0.2) is 11.9 Å². The Morgan fingerprint density at radius 2 is 1.88 bits per heavy atom. The fourth-order valence-electron chi connectivity index (χ4n) is 2.25. The number of nitrogens with two attached hydrogens (primary N) is 1. The third-order valence-corrected chi connectivity index (χ3v) is 5.00. The quantitative estimate of drug-likeness (QED) is 0.710. The molecule has 0 saturated heterocycles. The number of rotatable bonds is 4. The largest absolute Gasteiger partial charge is 0.443 e. The van der Waals surface area contributed by atoms with E-state index in [4.69, 9.17) is 22.1 Å². The second-order valence-corrected chi connectivity index (χ2v) is 6.41. The van der Waals surface area contributed by atoms with E-state index < -0.39 is 23.8 Å². The minimum absolute atomic E-state index is 0.0967. The third kappa shape index (κ3) is 3.11. The number of benzene rings is 2. The van der Waals surface area contributed by atoms with Crippen LogP contribution in [0.5, 0.6) is 0 Å². The summed E-state index contributed by atoms with van der Waals surface area (Å²) in [7, 11) is 0. The summed E-state index contributed by atoms with van der Waals surface area (Å²) in [6.45, 7) is 0. The van der Waals surface area contributed by atoms with E-state index in [1.165, 1.54) is 18.2 Å². The first kappa shape index (κ1) is 16.4. The van der Waals surface area contributed by atoms with E-state index in [1.54, 1.807) is 30.3 Å². The van der Waals surface area contributed by atoms with Crippen molar-refractivity contribution < 1.29 is 18.7 Å². The van der Waals surface area contributed by atoms with Crippen molar-refractivity contribution in [3.63, 3.8) is 0 Å². The summed E-state index contributed by atoms with van der Waals surface area (Å²) in [5, 5.41) is 0.710. The molecule has 3 aromatic rings. The summed E-state index contributed by atoms with van der Waals surface area (Å²) in [5.41, 5.74) is 5.79. The van der Waals surface area contributed by atoms with Crippen LogP contribution in [0.15, 0.2) is 48.5 Å². The number of amides is 1. The highest BCUT2D eigenvalue weighted by molar-refractivity contribution is 7.21. The lowest BCUT2D eigenvalue weighted by Crippen LogP contribution is -2.26. The maximum atomic E-state index is 13.3. The van der Waals surface area contributed by atoms with Gasteiger partial charge in [0.1, 0.15) is 10.7 Å². The van der Waals surface area contributed by atoms with E-state index in [0.717, 1.165) is 11.3 Å². The highest BCUT2D eigenvalue weighted by Crippen LogP contribution is 2.36. The molecule has 1 unspecified atom stereocenters. The average molecular weight is 364 g/mol. The molecule has 3 rings (SSSR count). The number of thiophene rings is 1. The van der Waals surface area contributed by atoms with Crippen molar-refractivity contribution in [3.05, 3.63) is 69.8 Å². The molecule has 4 nitrogen and oxygen atoms in total. The summed E-state index contributed by atoms with van der Waals surface area (Å²) in [6.07, 6.45) is -1.23. The Balaban J connectivity index is 1.94. The van der Waals surface area contributed by atoms with Gasteiger partial charge in [-0.1, -0.05) is 41.9 Å². The Labute approximate surface area is 145 Å². The Morgan fingerprint density at radius 1 is 1.17 bits per heavy atom. The first-order valence-electron chi connectivity index (χ1n) is 6.90. The molecule has 1 heterocycles. The zero-order chi connectivity index (χ0) is 17.3. The second-order valence-electron chi connectivity index (χ2n) is 4.98. The highest BCUT2D eigenvalue weighted by Gasteiger charge is 2.26. The van der Waals surface area contributed by atoms with Gasteiger partial charge in [-0.3, -0.25) is 4.79 Å². The van der Waals surface area contributed by atoms with Crippen LogP contribution in [0.3, 0.4) is 0 Å². The van der Waals surface area contributed by atoms with E-state index in [1.807, 2.05) is 0 Å². The molecule has 2 N–H and O–H groups in total. The van der Waals surface area contributed by atoms with Crippen LogP contribution in [-0.2, 0) is 9.53 Å². The predicted octanol–water partition coefficient (Wildman–Crippen LogP) is 4.08. The minimum Gasteiger partial charge on any atom is -0.443 e. The molecule has 0 fully saturated rings. The number of carbonyl (C=O) groups excluding carboxylic acids is 2. The Kier molecular flexibility index (Phi) is 4.51. The van der Waals surface area contributed by atoms with Gasteiger partial charge in [0, 0.05) is 15.6 Å². The summed E-state index contributed by atoms with van der Waals surface area (Å²) in [6, 6.07) is 12.5. The molecule has 1 amide bonds. The molecule has 0 saturated carbocycles. The highest BCUT2D eigenvalue weighted by atomic mass is 35.5. The fraction of sp³-hybridized carbons (Fsp3) is 0.0588. The van der Waals surface area contributed by atoms with Gasteiger partial charge in [-0.15, -0.1) is 11.3 Å². The molecule has 0 aliphatic rings. The van der Waals surface area contributed by atoms with Crippen molar-refractivity contribution in [1.82, 2.24) is 0 Å². The Bertz CT molecular complexity index is 926. The molecule has 24 heavy (non-hydrogen) atoms. The molecule has 1 aromatic heterocycles. The molecule has 122 valence electrons. The second kappa shape index (κ2) is 6.59. The Morgan fingerprint density at radius 3 is 2.54 bits per heavy atom. The third-order valence-electron chi connectivity index (χ3n) is 3.36. The van der Waals surface area contributed by atoms with Crippen molar-refractivity contribution in [1.29, 1.82) is 0 Å². The van der Waals surface area contributed by atoms with Crippen molar-refractivity contribution in [2.45, 2.75) is 6.10 Å². The lowest BCUT2D eigenvalue weighted by Gasteiger charge is -2.14. The van der Waals surface area contributed by atoms with Gasteiger partial charge in [-0.2, -0.15) is 0 Å². The van der Waals surface area contributed by atoms with Crippen LogP contribution in [0, 0.1) is 5.82 Å². The number of primary amides is 1. The topological polar surface area (TPSA) is 69.4 Å². The number of halogens is 2. The van der Waals surface area contributed by atoms with Gasteiger partial charge in [-0.05, 0) is 18.2 Å². The maximum Gasteiger partial charge on any atom is 0.351 e. The molecule has 0 spiro atoms. The minimum atomic E-state index is -1.23. The van der Waals surface area contributed by atoms with Gasteiger partial charge in [0.05, 0.1) is 5.02 Å². The van der Waals surface area contributed by atoms with Gasteiger partial charge in [0.2, 0.25) is 6.10 Å². The van der Waals surface area contributed by atoms with Crippen LogP contribution in [0.2, 0.25) is 5.02 Å². The van der Waals surface area contributed by atoms with Crippen LogP contribution >= 0.6 is 22.9 Å². The molecule has 1 atom stereocenters. The van der Waals surface area contributed by atoms with Crippen LogP contribution in [0.4, 0.5) is 4.39 Å². The molecule has 0 aliphatic carbocycles. The lowest BCUT2D eigenvalue weighted by atomic mass is 10.1. The van der Waals surface area contributed by atoms with Crippen LogP contribution in [0.1, 0.15) is 21.3 Å². The van der Waals surface area contributed by atoms with Gasteiger partial charge < -0.3 is 10.5 Å². The van der Waals surface area contributed by atoms with Crippen molar-refractivity contribution in [2.75, 3.05) is 0 Å². The zero-order valence-corrected chi connectivity index (χ0v) is 13.7. The van der Waals surface area contributed by atoms with Gasteiger partial charge in [0.15, 0.2) is 0 Å². The maximum absolute atomic E-state index is 13.3. The van der Waals surface area contributed by atoms with Crippen LogP contribution < -0.4 is 5.73 Å². The van der Waals surface area contributed by atoms with Gasteiger partial charge in [-0.25, -0.2) is 9.18 Å². The molecule has 7 heteroatoms. The number of carbonyl (C=O) groups is 2. The molecular weight excluding hydrogens is 353 g/mol. The summed E-state index contributed by atoms with van der Waals surface area (Å²) >= 11 is 7.18. The number of ether oxygens (including phenoxy) is 1. The van der Waals surface area contributed by atoms with E-state index in [-0.39, 0.29) is 9.90 Å². The zero-order valence-electron chi connectivity index (χ0n) is 12.2. The molecule has 0 radical (unpaired) electrons. The normalized spacial score (nSPS) is 12.1. The number of esters is 1. The SMILES string of the molecule is NC(=O)C(OC(=O)c1sc2cc(F)ccc2c1Cl)c1ccccc1. The van der Waals surface area contributed by atoms with Crippen molar-refractivity contribution in [2.24, 2.45) is 5.73 Å². The van der Waals surface area contributed by atoms with Crippen LogP contribution in [0.25, 0.3) is 10.1 Å². The number of fused-ring (bicyclic) bond motifs is 1. The summed E-state index contributed by atoms with van der Waals surface area (Å²) in [5.74, 6) is -2.01. The monoisotopic (exact) mass is 363 g/mol. The van der Waals surface area contributed by atoms with E-state index in [0.29, 0.717) is 15.6 Å². The predicted molar refractivity (Wildman–Crippen MR) is 90.6 cm³/mol. The average Bonchev–Trinajstić information content (AvgIpc) is 2.89. The van der Waals surface area contributed by atoms with Crippen molar-refractivity contribution >= 4 is 44.9 Å². The van der Waals surface area contributed by atoms with Gasteiger partial charge in [0.25, 0.3) is 5.91 Å². The molecule has 0 aliphatic heterocycles. The molecular formula is C17H11ClFNO3S.